The third-order valence-electron chi connectivity index (χ3n) is 4.63. The van der Waals surface area contributed by atoms with Crippen molar-refractivity contribution in [3.63, 3.8) is 0 Å². The molecule has 0 bridgehead atoms. The lowest BCUT2D eigenvalue weighted by molar-refractivity contribution is 0.0402. The van der Waals surface area contributed by atoms with Gasteiger partial charge in [0.25, 0.3) is 0 Å². The Balaban J connectivity index is 2.39. The maximum atomic E-state index is 3.71. The highest BCUT2D eigenvalue weighted by molar-refractivity contribution is 9.10. The van der Waals surface area contributed by atoms with Gasteiger partial charge < -0.3 is 10.2 Å². The van der Waals surface area contributed by atoms with Crippen LogP contribution >= 0.6 is 27.3 Å². The molecule has 1 aromatic heterocycles. The van der Waals surface area contributed by atoms with Gasteiger partial charge in [0.15, 0.2) is 0 Å². The first kappa shape index (κ1) is 15.5. The van der Waals surface area contributed by atoms with E-state index in [0.717, 1.165) is 5.92 Å². The van der Waals surface area contributed by atoms with Crippen LogP contribution in [0.2, 0.25) is 0 Å². The maximum Gasteiger partial charge on any atom is 0.0610 e. The SMILES string of the molecule is CNC(c1sccc1Br)C1(N(C)C)CCCC(C)C1. The topological polar surface area (TPSA) is 15.3 Å². The summed E-state index contributed by atoms with van der Waals surface area (Å²) in [6, 6.07) is 2.57. The molecule has 3 atom stereocenters. The highest BCUT2D eigenvalue weighted by Gasteiger charge is 2.44. The van der Waals surface area contributed by atoms with Gasteiger partial charge in [-0.05, 0) is 67.3 Å². The number of likely N-dealkylation sites (N-methyl/N-ethyl adjacent to an activating group) is 2. The second-order valence-corrected chi connectivity index (χ2v) is 7.86. The summed E-state index contributed by atoms with van der Waals surface area (Å²) in [5.41, 5.74) is 0.236. The molecule has 2 nitrogen and oxygen atoms in total. The molecule has 3 unspecified atom stereocenters. The van der Waals surface area contributed by atoms with E-state index in [4.69, 9.17) is 0 Å². The summed E-state index contributed by atoms with van der Waals surface area (Å²) in [5.74, 6) is 0.811. The molecule has 2 rings (SSSR count). The van der Waals surface area contributed by atoms with E-state index >= 15 is 0 Å². The van der Waals surface area contributed by atoms with Crippen LogP contribution in [0.3, 0.4) is 0 Å². The zero-order valence-electron chi connectivity index (χ0n) is 12.4. The number of rotatable bonds is 4. The molecule has 1 N–H and O–H groups in total. The van der Waals surface area contributed by atoms with Crippen LogP contribution in [0.25, 0.3) is 0 Å². The molecule has 1 heterocycles. The van der Waals surface area contributed by atoms with Crippen LogP contribution < -0.4 is 5.32 Å². The molecular weight excluding hydrogens is 320 g/mol. The predicted molar refractivity (Wildman–Crippen MR) is 87.9 cm³/mol. The molecule has 108 valence electrons. The van der Waals surface area contributed by atoms with E-state index in [9.17, 15) is 0 Å². The van der Waals surface area contributed by atoms with Gasteiger partial charge in [-0.25, -0.2) is 0 Å². The van der Waals surface area contributed by atoms with E-state index in [1.54, 1.807) is 0 Å². The first-order valence-electron chi connectivity index (χ1n) is 7.09. The monoisotopic (exact) mass is 344 g/mol. The summed E-state index contributed by atoms with van der Waals surface area (Å²) < 4.78 is 1.25. The molecule has 0 aromatic carbocycles. The Kier molecular flexibility index (Phi) is 5.09. The second kappa shape index (κ2) is 6.25. The summed E-state index contributed by atoms with van der Waals surface area (Å²) in [5, 5.41) is 5.78. The normalized spacial score (nSPS) is 29.7. The number of nitrogens with one attached hydrogen (secondary N) is 1. The summed E-state index contributed by atoms with van der Waals surface area (Å²) in [7, 11) is 6.58. The van der Waals surface area contributed by atoms with Crippen molar-refractivity contribution in [1.82, 2.24) is 10.2 Å². The lowest BCUT2D eigenvalue weighted by Gasteiger charge is -2.50. The molecule has 0 radical (unpaired) electrons. The fourth-order valence-electron chi connectivity index (χ4n) is 3.65. The molecule has 1 aromatic rings. The van der Waals surface area contributed by atoms with Gasteiger partial charge in [-0.3, -0.25) is 0 Å². The summed E-state index contributed by atoms with van der Waals surface area (Å²) in [4.78, 5) is 3.89. The molecule has 1 aliphatic rings. The third kappa shape index (κ3) is 2.92. The molecule has 0 spiro atoms. The minimum atomic E-state index is 0.236. The Bertz CT molecular complexity index is 418. The van der Waals surface area contributed by atoms with Crippen LogP contribution in [0.5, 0.6) is 0 Å². The van der Waals surface area contributed by atoms with Crippen molar-refractivity contribution in [3.8, 4) is 0 Å². The zero-order chi connectivity index (χ0) is 14.0. The van der Waals surface area contributed by atoms with E-state index in [1.807, 2.05) is 11.3 Å². The molecule has 0 amide bonds. The van der Waals surface area contributed by atoms with Gasteiger partial charge in [-0.1, -0.05) is 19.8 Å². The molecule has 1 saturated carbocycles. The van der Waals surface area contributed by atoms with E-state index < -0.39 is 0 Å². The average molecular weight is 345 g/mol. The Hall–Kier alpha value is 0.1000. The molecule has 19 heavy (non-hydrogen) atoms. The Morgan fingerprint density at radius 2 is 2.26 bits per heavy atom. The number of hydrogen-bond acceptors (Lipinski definition) is 3. The smallest absolute Gasteiger partial charge is 0.0610 e. The molecular formula is C15H25BrN2S. The highest BCUT2D eigenvalue weighted by Crippen LogP contribution is 2.46. The van der Waals surface area contributed by atoms with Crippen molar-refractivity contribution >= 4 is 27.3 Å². The molecule has 1 aliphatic carbocycles. The summed E-state index contributed by atoms with van der Waals surface area (Å²) >= 11 is 5.57. The second-order valence-electron chi connectivity index (χ2n) is 6.05. The maximum absolute atomic E-state index is 3.71. The quantitative estimate of drug-likeness (QED) is 0.876. The summed E-state index contributed by atoms with van der Waals surface area (Å²) in [6.07, 6.45) is 5.26. The fourth-order valence-corrected chi connectivity index (χ4v) is 5.47. The molecule has 0 aliphatic heterocycles. The van der Waals surface area contributed by atoms with Crippen LogP contribution in [0.15, 0.2) is 15.9 Å². The van der Waals surface area contributed by atoms with E-state index in [0.29, 0.717) is 6.04 Å². The van der Waals surface area contributed by atoms with E-state index in [-0.39, 0.29) is 5.54 Å². The van der Waals surface area contributed by atoms with Gasteiger partial charge >= 0.3 is 0 Å². The standard InChI is InChI=1S/C15H25BrN2S/c1-11-6-5-8-15(10-11,18(3)4)14(17-2)13-12(16)7-9-19-13/h7,9,11,14,17H,5-6,8,10H2,1-4H3. The van der Waals surface area contributed by atoms with Crippen LogP contribution in [0.4, 0.5) is 0 Å². The Morgan fingerprint density at radius 1 is 1.53 bits per heavy atom. The first-order chi connectivity index (χ1) is 9.01. The van der Waals surface area contributed by atoms with Crippen molar-refractivity contribution in [1.29, 1.82) is 0 Å². The number of nitrogens with zero attached hydrogens (tertiary/aromatic N) is 1. The van der Waals surface area contributed by atoms with Crippen molar-refractivity contribution < 1.29 is 0 Å². The summed E-state index contributed by atoms with van der Waals surface area (Å²) in [6.45, 7) is 2.40. The van der Waals surface area contributed by atoms with Gasteiger partial charge in [-0.2, -0.15) is 0 Å². The highest BCUT2D eigenvalue weighted by atomic mass is 79.9. The van der Waals surface area contributed by atoms with Crippen molar-refractivity contribution in [2.24, 2.45) is 5.92 Å². The largest absolute Gasteiger partial charge is 0.311 e. The van der Waals surface area contributed by atoms with E-state index in [2.05, 4.69) is 65.7 Å². The van der Waals surface area contributed by atoms with Gasteiger partial charge in [0.1, 0.15) is 0 Å². The molecule has 0 saturated heterocycles. The van der Waals surface area contributed by atoms with Crippen LogP contribution in [0, 0.1) is 5.92 Å². The zero-order valence-corrected chi connectivity index (χ0v) is 14.8. The third-order valence-corrected chi connectivity index (χ3v) is 6.57. The van der Waals surface area contributed by atoms with Gasteiger partial charge in [0.05, 0.1) is 6.04 Å². The van der Waals surface area contributed by atoms with Crippen molar-refractivity contribution in [2.75, 3.05) is 21.1 Å². The fraction of sp³-hybridized carbons (Fsp3) is 0.733. The Labute approximate surface area is 129 Å². The van der Waals surface area contributed by atoms with Crippen molar-refractivity contribution in [3.05, 3.63) is 20.8 Å². The lowest BCUT2D eigenvalue weighted by Crippen LogP contribution is -2.55. The number of thiophene rings is 1. The Morgan fingerprint density at radius 3 is 2.74 bits per heavy atom. The van der Waals surface area contributed by atoms with Crippen LogP contribution in [-0.2, 0) is 0 Å². The van der Waals surface area contributed by atoms with Gasteiger partial charge in [-0.15, -0.1) is 11.3 Å². The van der Waals surface area contributed by atoms with Gasteiger partial charge in [0.2, 0.25) is 0 Å². The minimum Gasteiger partial charge on any atom is -0.311 e. The number of halogens is 1. The minimum absolute atomic E-state index is 0.236. The van der Waals surface area contributed by atoms with E-state index in [1.165, 1.54) is 35.0 Å². The first-order valence-corrected chi connectivity index (χ1v) is 8.76. The predicted octanol–water partition coefficient (Wildman–Crippen LogP) is 4.28. The van der Waals surface area contributed by atoms with Crippen molar-refractivity contribution in [2.45, 2.75) is 44.2 Å². The lowest BCUT2D eigenvalue weighted by atomic mass is 9.71. The molecule has 4 heteroatoms. The van der Waals surface area contributed by atoms with Crippen LogP contribution in [-0.4, -0.2) is 31.6 Å². The molecule has 1 fully saturated rings. The van der Waals surface area contributed by atoms with Gasteiger partial charge in [0, 0.05) is 14.9 Å². The number of hydrogen-bond donors (Lipinski definition) is 1. The average Bonchev–Trinajstić information content (AvgIpc) is 2.76. The van der Waals surface area contributed by atoms with Crippen LogP contribution in [0.1, 0.15) is 43.5 Å².